The summed E-state index contributed by atoms with van der Waals surface area (Å²) >= 11 is -0.779. The van der Waals surface area contributed by atoms with E-state index in [1.807, 2.05) is 30.3 Å². The number of carboxylic acid groups (broad SMARTS) is 1. The first-order valence-electron chi connectivity index (χ1n) is 6.87. The van der Waals surface area contributed by atoms with Crippen molar-refractivity contribution in [3.63, 3.8) is 0 Å². The number of rotatable bonds is 6. The van der Waals surface area contributed by atoms with Crippen LogP contribution in [0.1, 0.15) is 30.7 Å². The number of nitrogens with two attached hydrogens (primary N) is 1. The van der Waals surface area contributed by atoms with Gasteiger partial charge in [-0.15, -0.1) is 0 Å². The first-order valence-corrected chi connectivity index (χ1v) is 9.20. The normalized spacial score (nSPS) is 19.5. The van der Waals surface area contributed by atoms with Gasteiger partial charge in [0.2, 0.25) is 0 Å². The van der Waals surface area contributed by atoms with Crippen LogP contribution in [-0.4, -0.2) is 26.4 Å². The quantitative estimate of drug-likeness (QED) is 0.698. The van der Waals surface area contributed by atoms with E-state index in [2.05, 4.69) is 0 Å². The Morgan fingerprint density at radius 1 is 1.32 bits per heavy atom. The van der Waals surface area contributed by atoms with Crippen LogP contribution in [0.2, 0.25) is 0 Å². The summed E-state index contributed by atoms with van der Waals surface area (Å²) in [4.78, 5) is 23.5. The van der Waals surface area contributed by atoms with Crippen LogP contribution in [0.25, 0.3) is 0 Å². The van der Waals surface area contributed by atoms with Crippen LogP contribution in [0.4, 0.5) is 4.39 Å². The van der Waals surface area contributed by atoms with E-state index >= 15 is 0 Å². The maximum Gasteiger partial charge on any atom is 0.303 e. The molecular formula is C16H17FINO3. The highest BCUT2D eigenvalue weighted by atomic mass is 127. The lowest BCUT2D eigenvalue weighted by Crippen LogP contribution is -2.29. The summed E-state index contributed by atoms with van der Waals surface area (Å²) in [7, 11) is 0. The number of Topliss-reactive ketones (excluding diaryl/α,β-unsaturated/α-hetero) is 1. The van der Waals surface area contributed by atoms with Crippen molar-refractivity contribution in [2.75, 3.05) is 0 Å². The molecule has 2 unspecified atom stereocenters. The SMILES string of the molecule is NC1CC(C(=O)CC(CC(=O)O)c2ccccc2)=IC=C1F. The Balaban J connectivity index is 2.14. The number of carboxylic acids is 1. The highest BCUT2D eigenvalue weighted by Gasteiger charge is 2.25. The standard InChI is InChI=1S/C16H17FINO3/c17-12-9-18-13(8-14(12)19)15(20)6-11(7-16(21)22)10-4-2-1-3-5-10/h1-5,9,11,14H,6-8,19H2,(H,21,22). The van der Waals surface area contributed by atoms with Gasteiger partial charge in [-0.2, -0.15) is 0 Å². The molecule has 1 aliphatic rings. The van der Waals surface area contributed by atoms with Gasteiger partial charge in [0.05, 0.1) is 12.5 Å². The van der Waals surface area contributed by atoms with Crippen LogP contribution in [0, 0.1) is 0 Å². The number of halogens is 2. The van der Waals surface area contributed by atoms with Crippen molar-refractivity contribution >= 4 is 36.0 Å². The number of hydrogen-bond acceptors (Lipinski definition) is 3. The van der Waals surface area contributed by atoms with Gasteiger partial charge < -0.3 is 10.8 Å². The minimum absolute atomic E-state index is 0.0814. The van der Waals surface area contributed by atoms with Gasteiger partial charge in [-0.3, -0.25) is 9.59 Å². The Hall–Kier alpha value is -1.41. The van der Waals surface area contributed by atoms with Crippen LogP contribution in [0.5, 0.6) is 0 Å². The third-order valence-electron chi connectivity index (χ3n) is 3.47. The molecule has 0 bridgehead atoms. The van der Waals surface area contributed by atoms with Gasteiger partial charge in [-0.1, -0.05) is 51.1 Å². The van der Waals surface area contributed by atoms with Crippen molar-refractivity contribution in [1.29, 1.82) is 0 Å². The largest absolute Gasteiger partial charge is 0.481 e. The second-order valence-corrected chi connectivity index (χ2v) is 7.70. The smallest absolute Gasteiger partial charge is 0.303 e. The summed E-state index contributed by atoms with van der Waals surface area (Å²) < 4.78 is 15.4. The summed E-state index contributed by atoms with van der Waals surface area (Å²) in [6.07, 6.45) is 0.286. The van der Waals surface area contributed by atoms with Crippen molar-refractivity contribution in [3.05, 3.63) is 45.8 Å². The zero-order valence-electron chi connectivity index (χ0n) is 11.8. The van der Waals surface area contributed by atoms with Gasteiger partial charge >= 0.3 is 5.97 Å². The van der Waals surface area contributed by atoms with E-state index in [9.17, 15) is 14.0 Å². The van der Waals surface area contributed by atoms with E-state index < -0.39 is 32.7 Å². The lowest BCUT2D eigenvalue weighted by molar-refractivity contribution is -0.137. The first kappa shape index (κ1) is 17.0. The predicted octanol–water partition coefficient (Wildman–Crippen LogP) is 2.89. The lowest BCUT2D eigenvalue weighted by atomic mass is 9.89. The van der Waals surface area contributed by atoms with Gasteiger partial charge in [-0.25, -0.2) is 4.39 Å². The highest BCUT2D eigenvalue weighted by Crippen LogP contribution is 2.28. The average molecular weight is 417 g/mol. The monoisotopic (exact) mass is 417 g/mol. The molecule has 1 heterocycles. The Morgan fingerprint density at radius 2 is 2.00 bits per heavy atom. The highest BCUT2D eigenvalue weighted by molar-refractivity contribution is 14.2. The predicted molar refractivity (Wildman–Crippen MR) is 91.9 cm³/mol. The molecule has 6 heteroatoms. The number of aliphatic carboxylic acids is 1. The summed E-state index contributed by atoms with van der Waals surface area (Å²) in [5, 5.41) is 9.05. The molecule has 2 rings (SSSR count). The Bertz CT molecular complexity index is 628. The van der Waals surface area contributed by atoms with Crippen LogP contribution in [-0.2, 0) is 9.59 Å². The van der Waals surface area contributed by atoms with Gasteiger partial charge in [0, 0.05) is 26.4 Å². The first-order chi connectivity index (χ1) is 10.5. The van der Waals surface area contributed by atoms with E-state index in [-0.39, 0.29) is 36.8 Å². The molecule has 0 aliphatic carbocycles. The molecule has 0 aromatic heterocycles. The van der Waals surface area contributed by atoms with E-state index in [1.54, 1.807) is 0 Å². The molecule has 118 valence electrons. The molecule has 22 heavy (non-hydrogen) atoms. The molecule has 0 saturated carbocycles. The summed E-state index contributed by atoms with van der Waals surface area (Å²) in [6.45, 7) is 0. The molecule has 0 fully saturated rings. The van der Waals surface area contributed by atoms with Crippen molar-refractivity contribution in [1.82, 2.24) is 0 Å². The van der Waals surface area contributed by atoms with Crippen LogP contribution in [0.15, 0.2) is 40.2 Å². The molecule has 0 spiro atoms. The number of hydrogen-bond donors (Lipinski definition) is 2. The van der Waals surface area contributed by atoms with Crippen molar-refractivity contribution < 1.29 is 19.1 Å². The molecule has 1 aromatic carbocycles. The van der Waals surface area contributed by atoms with Gasteiger partial charge in [0.25, 0.3) is 0 Å². The molecule has 1 aliphatic heterocycles. The molecule has 1 aromatic rings. The zero-order chi connectivity index (χ0) is 16.1. The fraction of sp³-hybridized carbons (Fsp3) is 0.312. The molecule has 0 amide bonds. The molecule has 0 saturated heterocycles. The second kappa shape index (κ2) is 7.73. The van der Waals surface area contributed by atoms with Crippen LogP contribution >= 0.6 is 20.7 Å². The number of carbonyl (C=O) groups excluding carboxylic acids is 1. The fourth-order valence-electron chi connectivity index (χ4n) is 2.29. The minimum atomic E-state index is -0.937. The second-order valence-electron chi connectivity index (χ2n) is 5.15. The van der Waals surface area contributed by atoms with Gasteiger partial charge in [-0.05, 0) is 5.56 Å². The molecule has 3 N–H and O–H groups in total. The van der Waals surface area contributed by atoms with E-state index in [1.165, 1.54) is 4.08 Å². The van der Waals surface area contributed by atoms with Crippen molar-refractivity contribution in [2.45, 2.75) is 31.2 Å². The summed E-state index contributed by atoms with van der Waals surface area (Å²) in [5.74, 6) is -1.72. The van der Waals surface area contributed by atoms with Crippen LogP contribution < -0.4 is 5.73 Å². The Morgan fingerprint density at radius 3 is 2.59 bits per heavy atom. The van der Waals surface area contributed by atoms with E-state index in [4.69, 9.17) is 10.8 Å². The van der Waals surface area contributed by atoms with Crippen molar-refractivity contribution in [2.24, 2.45) is 5.73 Å². The van der Waals surface area contributed by atoms with Crippen molar-refractivity contribution in [3.8, 4) is 0 Å². The lowest BCUT2D eigenvalue weighted by Gasteiger charge is -2.18. The molecular weight excluding hydrogens is 400 g/mol. The average Bonchev–Trinajstić information content (AvgIpc) is 2.49. The fourth-order valence-corrected chi connectivity index (χ4v) is 4.72. The third kappa shape index (κ3) is 4.54. The summed E-state index contributed by atoms with van der Waals surface area (Å²) in [5.41, 5.74) is 6.47. The Labute approximate surface area is 138 Å². The maximum atomic E-state index is 13.3. The van der Waals surface area contributed by atoms with E-state index in [0.29, 0.717) is 3.51 Å². The molecule has 4 nitrogen and oxygen atoms in total. The Kier molecular flexibility index (Phi) is 5.96. The minimum Gasteiger partial charge on any atom is -0.481 e. The molecule has 0 radical (unpaired) electrons. The van der Waals surface area contributed by atoms with Crippen LogP contribution in [0.3, 0.4) is 0 Å². The molecule has 2 atom stereocenters. The topological polar surface area (TPSA) is 80.4 Å². The number of benzene rings is 1. The zero-order valence-corrected chi connectivity index (χ0v) is 14.0. The maximum absolute atomic E-state index is 13.3. The summed E-state index contributed by atoms with van der Waals surface area (Å²) in [6, 6.07) is 8.41. The van der Waals surface area contributed by atoms with Gasteiger partial charge in [0.1, 0.15) is 5.83 Å². The number of ketones is 1. The third-order valence-corrected chi connectivity index (χ3v) is 6.17. The number of carbonyl (C=O) groups is 2. The van der Waals surface area contributed by atoms with E-state index in [0.717, 1.165) is 5.56 Å². The van der Waals surface area contributed by atoms with Gasteiger partial charge in [0.15, 0.2) is 5.78 Å².